The van der Waals surface area contributed by atoms with Crippen molar-refractivity contribution in [3.8, 4) is 10.8 Å². The van der Waals surface area contributed by atoms with Crippen LogP contribution >= 0.6 is 33.9 Å². The van der Waals surface area contributed by atoms with Crippen LogP contribution in [0, 0.1) is 17.4 Å². The summed E-state index contributed by atoms with van der Waals surface area (Å²) >= 11 is 3.71. The van der Waals surface area contributed by atoms with Crippen LogP contribution in [0.15, 0.2) is 29.4 Å². The lowest BCUT2D eigenvalue weighted by atomic mass is 9.95. The summed E-state index contributed by atoms with van der Waals surface area (Å²) in [6, 6.07) is 7.15. The second-order valence-corrected chi connectivity index (χ2v) is 10.2. The maximum absolute atomic E-state index is 12.5. The molecule has 4 rings (SSSR count). The van der Waals surface area contributed by atoms with Crippen LogP contribution in [0.5, 0.6) is 5.75 Å². The molecule has 33 heavy (non-hydrogen) atoms. The van der Waals surface area contributed by atoms with Crippen LogP contribution in [0.1, 0.15) is 60.9 Å². The number of fused-ring (bicyclic) bond motifs is 1. The molecule has 172 valence electrons. The molecule has 0 bridgehead atoms. The number of carbonyl (C=O) groups is 2. The molecule has 0 saturated carbocycles. The van der Waals surface area contributed by atoms with Crippen molar-refractivity contribution in [2.24, 2.45) is 5.10 Å². The standard InChI is InChI=1S/C24H24IN3O4S/c1-13-10-16(12-26-27-22(29)15-8-9-18(25)19(11-15)32-3)14(2)28(13)23-21(24(30)31)17-6-4-5-7-20(17)33-23/h8-12H,4-7H2,1-3H3,(H,27,29)(H,30,31)/b26-12+. The first-order valence-electron chi connectivity index (χ1n) is 10.6. The molecule has 0 spiro atoms. The van der Waals surface area contributed by atoms with Crippen molar-refractivity contribution in [3.05, 3.63) is 66.4 Å². The molecule has 0 saturated heterocycles. The molecule has 2 aromatic heterocycles. The van der Waals surface area contributed by atoms with Gasteiger partial charge in [0, 0.05) is 27.4 Å². The van der Waals surface area contributed by atoms with Gasteiger partial charge < -0.3 is 14.4 Å². The number of carbonyl (C=O) groups excluding carboxylic acids is 1. The van der Waals surface area contributed by atoms with Gasteiger partial charge in [0.2, 0.25) is 0 Å². The lowest BCUT2D eigenvalue weighted by molar-refractivity contribution is 0.0695. The number of halogens is 1. The summed E-state index contributed by atoms with van der Waals surface area (Å²) in [6.07, 6.45) is 5.46. The largest absolute Gasteiger partial charge is 0.496 e. The summed E-state index contributed by atoms with van der Waals surface area (Å²) in [7, 11) is 1.56. The molecule has 1 aromatic carbocycles. The molecule has 1 aliphatic carbocycles. The third-order valence-corrected chi connectivity index (χ3v) is 7.99. The Morgan fingerprint density at radius 2 is 2.00 bits per heavy atom. The van der Waals surface area contributed by atoms with Crippen molar-refractivity contribution in [3.63, 3.8) is 0 Å². The predicted molar refractivity (Wildman–Crippen MR) is 137 cm³/mol. The smallest absolute Gasteiger partial charge is 0.339 e. The molecule has 2 N–H and O–H groups in total. The summed E-state index contributed by atoms with van der Waals surface area (Å²) in [4.78, 5) is 25.8. The van der Waals surface area contributed by atoms with Crippen LogP contribution in [0.4, 0.5) is 0 Å². The Hall–Kier alpha value is -2.66. The number of aromatic carboxylic acids is 1. The van der Waals surface area contributed by atoms with Gasteiger partial charge in [-0.05, 0) is 92.0 Å². The molecule has 1 aliphatic rings. The molecule has 3 aromatic rings. The summed E-state index contributed by atoms with van der Waals surface area (Å²) < 4.78 is 8.17. The molecule has 0 unspecified atom stereocenters. The summed E-state index contributed by atoms with van der Waals surface area (Å²) in [5.74, 6) is -0.593. The quantitative estimate of drug-likeness (QED) is 0.242. The number of hydrogen-bond acceptors (Lipinski definition) is 5. The van der Waals surface area contributed by atoms with Gasteiger partial charge in [-0.2, -0.15) is 5.10 Å². The van der Waals surface area contributed by atoms with Gasteiger partial charge in [0.05, 0.1) is 22.5 Å². The van der Waals surface area contributed by atoms with Crippen LogP contribution in [0.2, 0.25) is 0 Å². The zero-order valence-corrected chi connectivity index (χ0v) is 21.5. The summed E-state index contributed by atoms with van der Waals surface area (Å²) in [5, 5.41) is 14.8. The number of aryl methyl sites for hydroxylation is 2. The Kier molecular flexibility index (Phi) is 6.89. The first-order valence-corrected chi connectivity index (χ1v) is 12.5. The molecule has 2 heterocycles. The zero-order chi connectivity index (χ0) is 23.7. The second-order valence-electron chi connectivity index (χ2n) is 7.91. The Bertz CT molecular complexity index is 1280. The first-order chi connectivity index (χ1) is 15.8. The van der Waals surface area contributed by atoms with E-state index in [0.717, 1.165) is 56.8 Å². The molecule has 0 aliphatic heterocycles. The average Bonchev–Trinajstić information content (AvgIpc) is 3.30. The number of carboxylic acid groups (broad SMARTS) is 1. The number of ether oxygens (including phenoxy) is 1. The number of carboxylic acids is 1. The van der Waals surface area contributed by atoms with E-state index in [9.17, 15) is 14.7 Å². The predicted octanol–water partition coefficient (Wildman–Crippen LogP) is 5.11. The van der Waals surface area contributed by atoms with Gasteiger partial charge in [0.1, 0.15) is 10.8 Å². The minimum absolute atomic E-state index is 0.339. The van der Waals surface area contributed by atoms with Gasteiger partial charge in [0.25, 0.3) is 5.91 Å². The normalized spacial score (nSPS) is 13.2. The Morgan fingerprint density at radius 1 is 1.24 bits per heavy atom. The number of hydrazone groups is 1. The maximum Gasteiger partial charge on any atom is 0.339 e. The lowest BCUT2D eigenvalue weighted by Gasteiger charge is -2.11. The van der Waals surface area contributed by atoms with Crippen LogP contribution in [0.25, 0.3) is 5.00 Å². The van der Waals surface area contributed by atoms with Gasteiger partial charge in [-0.25, -0.2) is 10.2 Å². The van der Waals surface area contributed by atoms with Crippen molar-refractivity contribution in [1.29, 1.82) is 0 Å². The van der Waals surface area contributed by atoms with E-state index in [0.29, 0.717) is 16.9 Å². The van der Waals surface area contributed by atoms with Gasteiger partial charge >= 0.3 is 5.97 Å². The van der Waals surface area contributed by atoms with Crippen molar-refractivity contribution < 1.29 is 19.4 Å². The zero-order valence-electron chi connectivity index (χ0n) is 18.6. The third-order valence-electron chi connectivity index (χ3n) is 5.82. The molecule has 1 amide bonds. The Morgan fingerprint density at radius 3 is 2.73 bits per heavy atom. The molecular weight excluding hydrogens is 553 g/mol. The maximum atomic E-state index is 12.5. The Balaban J connectivity index is 1.60. The fourth-order valence-corrected chi connectivity index (χ4v) is 6.23. The lowest BCUT2D eigenvalue weighted by Crippen LogP contribution is -2.17. The van der Waals surface area contributed by atoms with E-state index in [2.05, 4.69) is 33.1 Å². The summed E-state index contributed by atoms with van der Waals surface area (Å²) in [5.41, 5.74) is 7.02. The van der Waals surface area contributed by atoms with E-state index in [1.807, 2.05) is 30.5 Å². The SMILES string of the molecule is COc1cc(C(=O)N/N=C/c2cc(C)n(-c3sc4c(c3C(=O)O)CCCC4)c2C)ccc1I. The molecule has 0 atom stereocenters. The van der Waals surface area contributed by atoms with E-state index in [-0.39, 0.29) is 5.91 Å². The van der Waals surface area contributed by atoms with Crippen molar-refractivity contribution >= 4 is 52.0 Å². The number of rotatable bonds is 6. The molecule has 0 radical (unpaired) electrons. The van der Waals surface area contributed by atoms with Crippen molar-refractivity contribution in [1.82, 2.24) is 9.99 Å². The number of nitrogens with zero attached hydrogens (tertiary/aromatic N) is 2. The second kappa shape index (κ2) is 9.68. The number of hydrogen-bond donors (Lipinski definition) is 2. The average molecular weight is 577 g/mol. The molecule has 9 heteroatoms. The highest BCUT2D eigenvalue weighted by molar-refractivity contribution is 14.1. The number of thiophene rings is 1. The van der Waals surface area contributed by atoms with E-state index in [4.69, 9.17) is 4.74 Å². The highest BCUT2D eigenvalue weighted by Gasteiger charge is 2.27. The minimum atomic E-state index is -0.882. The topological polar surface area (TPSA) is 92.9 Å². The first kappa shape index (κ1) is 23.5. The highest BCUT2D eigenvalue weighted by Crippen LogP contribution is 2.38. The molecule has 7 nitrogen and oxygen atoms in total. The fourth-order valence-electron chi connectivity index (χ4n) is 4.19. The van der Waals surface area contributed by atoms with Gasteiger partial charge in [0.15, 0.2) is 0 Å². The van der Waals surface area contributed by atoms with Crippen LogP contribution in [-0.4, -0.2) is 34.9 Å². The number of aromatic nitrogens is 1. The number of amides is 1. The van der Waals surface area contributed by atoms with E-state index >= 15 is 0 Å². The van der Waals surface area contributed by atoms with Crippen molar-refractivity contribution in [2.75, 3.05) is 7.11 Å². The number of nitrogens with one attached hydrogen (secondary N) is 1. The Labute approximate surface area is 209 Å². The summed E-state index contributed by atoms with van der Waals surface area (Å²) in [6.45, 7) is 3.88. The van der Waals surface area contributed by atoms with Gasteiger partial charge in [-0.1, -0.05) is 0 Å². The fraction of sp³-hybridized carbons (Fsp3) is 0.292. The molecular formula is C24H24IN3O4S. The van der Waals surface area contributed by atoms with Crippen LogP contribution < -0.4 is 10.2 Å². The highest BCUT2D eigenvalue weighted by atomic mass is 127. The van der Waals surface area contributed by atoms with Gasteiger partial charge in [-0.3, -0.25) is 4.79 Å². The minimum Gasteiger partial charge on any atom is -0.496 e. The third kappa shape index (κ3) is 4.56. The van der Waals surface area contributed by atoms with Crippen molar-refractivity contribution in [2.45, 2.75) is 39.5 Å². The van der Waals surface area contributed by atoms with E-state index < -0.39 is 5.97 Å². The monoisotopic (exact) mass is 577 g/mol. The van der Waals surface area contributed by atoms with E-state index in [1.54, 1.807) is 36.8 Å². The van der Waals surface area contributed by atoms with E-state index in [1.165, 1.54) is 4.88 Å². The number of methoxy groups -OCH3 is 1. The number of benzene rings is 1. The van der Waals surface area contributed by atoms with Crippen LogP contribution in [-0.2, 0) is 12.8 Å². The van der Waals surface area contributed by atoms with Gasteiger partial charge in [-0.15, -0.1) is 11.3 Å². The molecule has 0 fully saturated rings. The van der Waals surface area contributed by atoms with Crippen LogP contribution in [0.3, 0.4) is 0 Å².